The van der Waals surface area contributed by atoms with Gasteiger partial charge in [0.2, 0.25) is 5.78 Å². The van der Waals surface area contributed by atoms with E-state index in [0.29, 0.717) is 30.1 Å². The summed E-state index contributed by atoms with van der Waals surface area (Å²) >= 11 is 0. The fourth-order valence-electron chi connectivity index (χ4n) is 3.02. The number of hydrogen-bond acceptors (Lipinski definition) is 5. The average Bonchev–Trinajstić information content (AvgIpc) is 3.09. The van der Waals surface area contributed by atoms with Crippen LogP contribution in [-0.2, 0) is 11.3 Å². The zero-order valence-corrected chi connectivity index (χ0v) is 14.9. The normalized spacial score (nSPS) is 12.5. The Morgan fingerprint density at radius 2 is 2.07 bits per heavy atom. The highest BCUT2D eigenvalue weighted by molar-refractivity contribution is 5.71. The molecule has 0 radical (unpaired) electrons. The Hall–Kier alpha value is -3.32. The maximum atomic E-state index is 12.7. The summed E-state index contributed by atoms with van der Waals surface area (Å²) in [7, 11) is 0. The molecule has 0 saturated carbocycles. The maximum absolute atomic E-state index is 12.7. The van der Waals surface area contributed by atoms with Crippen molar-refractivity contribution in [1.82, 2.24) is 23.9 Å². The number of ether oxygens (including phenoxy) is 1. The van der Waals surface area contributed by atoms with Crippen molar-refractivity contribution in [2.24, 2.45) is 0 Å². The molecule has 0 aliphatic heterocycles. The van der Waals surface area contributed by atoms with Gasteiger partial charge in [-0.05, 0) is 18.1 Å². The highest BCUT2D eigenvalue weighted by Gasteiger charge is 2.17. The first-order valence-electron chi connectivity index (χ1n) is 8.64. The summed E-state index contributed by atoms with van der Waals surface area (Å²) in [5.41, 5.74) is 2.50. The fourth-order valence-corrected chi connectivity index (χ4v) is 3.02. The third-order valence-electron chi connectivity index (χ3n) is 4.32. The van der Waals surface area contributed by atoms with E-state index in [-0.39, 0.29) is 11.7 Å². The van der Waals surface area contributed by atoms with E-state index in [1.54, 1.807) is 24.8 Å². The Kier molecular flexibility index (Phi) is 4.52. The van der Waals surface area contributed by atoms with Gasteiger partial charge in [-0.15, -0.1) is 6.58 Å². The third kappa shape index (κ3) is 3.24. The Morgan fingerprint density at radius 3 is 2.85 bits per heavy atom. The Balaban J connectivity index is 1.78. The molecule has 3 heterocycles. The zero-order valence-electron chi connectivity index (χ0n) is 14.9. The lowest BCUT2D eigenvalue weighted by Gasteiger charge is -2.18. The first-order chi connectivity index (χ1) is 13.2. The summed E-state index contributed by atoms with van der Waals surface area (Å²) < 4.78 is 9.20. The molecular weight excluding hydrogens is 342 g/mol. The second-order valence-corrected chi connectivity index (χ2v) is 6.31. The molecule has 7 heteroatoms. The molecule has 4 aromatic rings. The van der Waals surface area contributed by atoms with Crippen LogP contribution in [-0.4, -0.2) is 30.5 Å². The van der Waals surface area contributed by atoms with Crippen LogP contribution < -0.4 is 5.56 Å². The minimum absolute atomic E-state index is 0.215. The first kappa shape index (κ1) is 17.1. The van der Waals surface area contributed by atoms with Crippen molar-refractivity contribution >= 4 is 16.9 Å². The van der Waals surface area contributed by atoms with Crippen molar-refractivity contribution in [3.63, 3.8) is 0 Å². The monoisotopic (exact) mass is 361 g/mol. The highest BCUT2D eigenvalue weighted by atomic mass is 16.5. The molecule has 27 heavy (non-hydrogen) atoms. The number of imidazole rings is 1. The van der Waals surface area contributed by atoms with Gasteiger partial charge in [-0.2, -0.15) is 4.98 Å². The fraction of sp³-hybridized carbons (Fsp3) is 0.200. The van der Waals surface area contributed by atoms with Crippen LogP contribution in [0.15, 0.2) is 66.5 Å². The van der Waals surface area contributed by atoms with Crippen molar-refractivity contribution in [1.29, 1.82) is 0 Å². The number of rotatable bonds is 6. The van der Waals surface area contributed by atoms with E-state index in [2.05, 4.69) is 21.5 Å². The van der Waals surface area contributed by atoms with Gasteiger partial charge in [0, 0.05) is 12.4 Å². The van der Waals surface area contributed by atoms with Crippen molar-refractivity contribution in [2.45, 2.75) is 19.6 Å². The van der Waals surface area contributed by atoms with E-state index in [4.69, 9.17) is 4.74 Å². The summed E-state index contributed by atoms with van der Waals surface area (Å²) in [6.07, 6.45) is 6.53. The lowest BCUT2D eigenvalue weighted by molar-refractivity contribution is 0.0614. The summed E-state index contributed by atoms with van der Waals surface area (Å²) in [6, 6.07) is 9.92. The van der Waals surface area contributed by atoms with Gasteiger partial charge < -0.3 is 9.30 Å². The topological polar surface area (TPSA) is 74.3 Å². The second kappa shape index (κ2) is 7.13. The molecule has 3 aromatic heterocycles. The molecule has 0 aliphatic carbocycles. The molecule has 4 rings (SSSR count). The summed E-state index contributed by atoms with van der Waals surface area (Å²) in [6.45, 7) is 6.49. The summed E-state index contributed by atoms with van der Waals surface area (Å²) in [5.74, 6) is 0.350. The van der Waals surface area contributed by atoms with Gasteiger partial charge in [0.05, 0.1) is 19.5 Å². The van der Waals surface area contributed by atoms with Gasteiger partial charge >= 0.3 is 0 Å². The quantitative estimate of drug-likeness (QED) is 0.494. The molecule has 0 N–H and O–H groups in total. The molecule has 1 atom stereocenters. The maximum Gasteiger partial charge on any atom is 0.287 e. The molecule has 0 aliphatic rings. The molecule has 1 unspecified atom stereocenters. The van der Waals surface area contributed by atoms with E-state index < -0.39 is 0 Å². The average molecular weight is 361 g/mol. The summed E-state index contributed by atoms with van der Waals surface area (Å²) in [4.78, 5) is 25.8. The lowest BCUT2D eigenvalue weighted by atomic mass is 10.1. The minimum atomic E-state index is -0.228. The first-order valence-corrected chi connectivity index (χ1v) is 8.64. The molecule has 0 bridgehead atoms. The number of benzene rings is 1. The van der Waals surface area contributed by atoms with Crippen LogP contribution in [0.2, 0.25) is 0 Å². The number of hydrogen-bond donors (Lipinski definition) is 0. The predicted octanol–water partition coefficient (Wildman–Crippen LogP) is 2.69. The van der Waals surface area contributed by atoms with E-state index in [9.17, 15) is 4.79 Å². The Bertz CT molecular complexity index is 1160. The highest BCUT2D eigenvalue weighted by Crippen LogP contribution is 2.21. The molecule has 0 fully saturated rings. The van der Waals surface area contributed by atoms with Crippen molar-refractivity contribution in [3.8, 4) is 0 Å². The SMILES string of the molecule is C=CCOC(Cn1cnc2c(=O)n3cc(C)cnc3nc21)c1ccccc1. The van der Waals surface area contributed by atoms with Gasteiger partial charge in [0.1, 0.15) is 6.10 Å². The number of nitrogens with zero attached hydrogens (tertiary/aromatic N) is 5. The molecule has 1 aromatic carbocycles. The lowest BCUT2D eigenvalue weighted by Crippen LogP contribution is -2.18. The van der Waals surface area contributed by atoms with Crippen LogP contribution in [0.25, 0.3) is 16.9 Å². The van der Waals surface area contributed by atoms with Crippen LogP contribution in [0, 0.1) is 6.92 Å². The molecule has 136 valence electrons. The molecule has 0 amide bonds. The Labute approximate surface area is 155 Å². The van der Waals surface area contributed by atoms with Gasteiger partial charge in [-0.1, -0.05) is 36.4 Å². The van der Waals surface area contributed by atoms with E-state index in [0.717, 1.165) is 11.1 Å². The number of aryl methyl sites for hydroxylation is 1. The van der Waals surface area contributed by atoms with Crippen LogP contribution in [0.5, 0.6) is 0 Å². The van der Waals surface area contributed by atoms with Crippen LogP contribution >= 0.6 is 0 Å². The van der Waals surface area contributed by atoms with Gasteiger partial charge in [-0.3, -0.25) is 4.79 Å². The number of fused-ring (bicyclic) bond motifs is 2. The zero-order chi connectivity index (χ0) is 18.8. The molecule has 7 nitrogen and oxygen atoms in total. The van der Waals surface area contributed by atoms with Crippen LogP contribution in [0.3, 0.4) is 0 Å². The molecular formula is C20H19N5O2. The standard InChI is InChI=1S/C20H19N5O2/c1-3-9-27-16(15-7-5-4-6-8-15)12-24-13-22-17-18(24)23-20-21-10-14(2)11-25(20)19(17)26/h3-8,10-11,13,16H,1,9,12H2,2H3. The number of aromatic nitrogens is 5. The van der Waals surface area contributed by atoms with E-state index in [1.165, 1.54) is 4.40 Å². The van der Waals surface area contributed by atoms with Gasteiger partial charge in [0.15, 0.2) is 11.2 Å². The van der Waals surface area contributed by atoms with Crippen molar-refractivity contribution in [2.75, 3.05) is 6.61 Å². The van der Waals surface area contributed by atoms with E-state index >= 15 is 0 Å². The van der Waals surface area contributed by atoms with Crippen molar-refractivity contribution in [3.05, 3.63) is 83.2 Å². The third-order valence-corrected chi connectivity index (χ3v) is 4.32. The van der Waals surface area contributed by atoms with Gasteiger partial charge in [0.25, 0.3) is 5.56 Å². The van der Waals surface area contributed by atoms with Crippen LogP contribution in [0.4, 0.5) is 0 Å². The smallest absolute Gasteiger partial charge is 0.287 e. The largest absolute Gasteiger partial charge is 0.368 e. The van der Waals surface area contributed by atoms with Crippen molar-refractivity contribution < 1.29 is 4.74 Å². The predicted molar refractivity (Wildman–Crippen MR) is 103 cm³/mol. The Morgan fingerprint density at radius 1 is 1.26 bits per heavy atom. The van der Waals surface area contributed by atoms with Gasteiger partial charge in [-0.25, -0.2) is 14.4 Å². The van der Waals surface area contributed by atoms with E-state index in [1.807, 2.05) is 41.8 Å². The second-order valence-electron chi connectivity index (χ2n) is 6.31. The van der Waals surface area contributed by atoms with Crippen LogP contribution in [0.1, 0.15) is 17.2 Å². The summed E-state index contributed by atoms with van der Waals surface area (Å²) in [5, 5.41) is 0. The molecule has 0 saturated heterocycles. The molecule has 0 spiro atoms. The minimum Gasteiger partial charge on any atom is -0.368 e.